The van der Waals surface area contributed by atoms with Gasteiger partial charge in [-0.3, -0.25) is 0 Å². The first-order valence-electron chi connectivity index (χ1n) is 6.65. The van der Waals surface area contributed by atoms with Crippen molar-refractivity contribution in [1.29, 1.82) is 0 Å². The maximum absolute atomic E-state index is 6.11. The largest absolute Gasteiger partial charge is 0.384 e. The normalized spacial score (nSPS) is 23.0. The van der Waals surface area contributed by atoms with Gasteiger partial charge in [-0.2, -0.15) is 4.98 Å². The van der Waals surface area contributed by atoms with E-state index < -0.39 is 0 Å². The summed E-state index contributed by atoms with van der Waals surface area (Å²) in [7, 11) is 0. The molecule has 2 atom stereocenters. The third-order valence-electron chi connectivity index (χ3n) is 4.17. The Balaban J connectivity index is 2.01. The van der Waals surface area contributed by atoms with Gasteiger partial charge in [0.15, 0.2) is 0 Å². The Hall–Kier alpha value is -1.52. The molecule has 1 aromatic heterocycles. The Labute approximate surface area is 133 Å². The molecule has 2 aromatic rings. The van der Waals surface area contributed by atoms with Crippen LogP contribution in [0.1, 0.15) is 36.9 Å². The summed E-state index contributed by atoms with van der Waals surface area (Å²) in [5.41, 5.74) is 13.5. The minimum Gasteiger partial charge on any atom is -0.384 e. The van der Waals surface area contributed by atoms with Gasteiger partial charge in [-0.1, -0.05) is 37.0 Å². The topological polar surface area (TPSA) is 77.8 Å². The SMILES string of the molecule is CC1(C)[C@H](c2cc(Cl)cc(Cl)c2)[C@H]1c1cc(N)nc(N)n1. The molecule has 0 radical (unpaired) electrons. The van der Waals surface area contributed by atoms with Crippen molar-refractivity contribution < 1.29 is 0 Å². The van der Waals surface area contributed by atoms with Crippen LogP contribution in [0, 0.1) is 5.41 Å². The summed E-state index contributed by atoms with van der Waals surface area (Å²) in [6.07, 6.45) is 0. The number of aromatic nitrogens is 2. The first-order valence-corrected chi connectivity index (χ1v) is 7.40. The van der Waals surface area contributed by atoms with Gasteiger partial charge in [0.05, 0.1) is 5.69 Å². The molecule has 1 saturated carbocycles. The van der Waals surface area contributed by atoms with E-state index in [-0.39, 0.29) is 23.2 Å². The smallest absolute Gasteiger partial charge is 0.222 e. The molecule has 0 unspecified atom stereocenters. The van der Waals surface area contributed by atoms with Crippen LogP contribution in [0.4, 0.5) is 11.8 Å². The van der Waals surface area contributed by atoms with E-state index in [1.54, 1.807) is 12.1 Å². The Morgan fingerprint density at radius 3 is 2.14 bits per heavy atom. The molecule has 0 bridgehead atoms. The molecule has 0 amide bonds. The fraction of sp³-hybridized carbons (Fsp3) is 0.333. The lowest BCUT2D eigenvalue weighted by atomic mass is 10.0. The van der Waals surface area contributed by atoms with Crippen molar-refractivity contribution in [3.8, 4) is 0 Å². The first-order chi connectivity index (χ1) is 9.79. The van der Waals surface area contributed by atoms with E-state index in [0.717, 1.165) is 11.3 Å². The fourth-order valence-electron chi connectivity index (χ4n) is 3.23. The molecule has 1 heterocycles. The summed E-state index contributed by atoms with van der Waals surface area (Å²) < 4.78 is 0. The molecule has 4 N–H and O–H groups in total. The summed E-state index contributed by atoms with van der Waals surface area (Å²) in [6.45, 7) is 4.37. The van der Waals surface area contributed by atoms with Crippen molar-refractivity contribution in [1.82, 2.24) is 9.97 Å². The van der Waals surface area contributed by atoms with Crippen molar-refractivity contribution in [3.05, 3.63) is 45.6 Å². The molecule has 0 aliphatic heterocycles. The number of nitrogen functional groups attached to an aromatic ring is 2. The van der Waals surface area contributed by atoms with Gasteiger partial charge >= 0.3 is 0 Å². The lowest BCUT2D eigenvalue weighted by molar-refractivity contribution is 0.598. The van der Waals surface area contributed by atoms with E-state index in [9.17, 15) is 0 Å². The van der Waals surface area contributed by atoms with Crippen LogP contribution in [0.2, 0.25) is 10.0 Å². The number of hydrogen-bond acceptors (Lipinski definition) is 4. The van der Waals surface area contributed by atoms with Crippen LogP contribution in [-0.2, 0) is 0 Å². The number of halogens is 2. The Bertz CT molecular complexity index is 615. The number of nitrogens with two attached hydrogens (primary N) is 2. The van der Waals surface area contributed by atoms with Gasteiger partial charge < -0.3 is 11.5 Å². The molecule has 1 aliphatic rings. The maximum Gasteiger partial charge on any atom is 0.222 e. The second kappa shape index (κ2) is 4.75. The van der Waals surface area contributed by atoms with Gasteiger partial charge in [-0.05, 0) is 35.1 Å². The zero-order chi connectivity index (χ0) is 15.4. The van der Waals surface area contributed by atoms with Gasteiger partial charge in [0, 0.05) is 22.0 Å². The zero-order valence-corrected chi connectivity index (χ0v) is 13.3. The van der Waals surface area contributed by atoms with Crippen molar-refractivity contribution in [3.63, 3.8) is 0 Å². The van der Waals surface area contributed by atoms with Crippen LogP contribution < -0.4 is 11.5 Å². The highest BCUT2D eigenvalue weighted by Crippen LogP contribution is 2.69. The quantitative estimate of drug-likeness (QED) is 0.880. The summed E-state index contributed by atoms with van der Waals surface area (Å²) in [5.74, 6) is 1.10. The summed E-state index contributed by atoms with van der Waals surface area (Å²) >= 11 is 12.2. The van der Waals surface area contributed by atoms with E-state index in [0.29, 0.717) is 15.9 Å². The van der Waals surface area contributed by atoms with E-state index in [2.05, 4.69) is 23.8 Å². The van der Waals surface area contributed by atoms with Crippen LogP contribution in [-0.4, -0.2) is 9.97 Å². The monoisotopic (exact) mass is 322 g/mol. The second-order valence-corrected chi connectivity index (χ2v) is 6.93. The van der Waals surface area contributed by atoms with Crippen LogP contribution >= 0.6 is 23.2 Å². The fourth-order valence-corrected chi connectivity index (χ4v) is 3.77. The predicted octanol–water partition coefficient (Wildman–Crippen LogP) is 3.86. The lowest BCUT2D eigenvalue weighted by Crippen LogP contribution is -2.03. The number of benzene rings is 1. The molecule has 0 spiro atoms. The highest BCUT2D eigenvalue weighted by atomic mass is 35.5. The molecular formula is C15H16Cl2N4. The zero-order valence-electron chi connectivity index (χ0n) is 11.8. The number of hydrogen-bond donors (Lipinski definition) is 2. The molecule has 0 saturated heterocycles. The van der Waals surface area contributed by atoms with Crippen LogP contribution in [0.25, 0.3) is 0 Å². The first kappa shape index (κ1) is 14.4. The van der Waals surface area contributed by atoms with Gasteiger partial charge in [-0.15, -0.1) is 0 Å². The van der Waals surface area contributed by atoms with Crippen molar-refractivity contribution >= 4 is 35.0 Å². The second-order valence-electron chi connectivity index (χ2n) is 6.06. The molecule has 4 nitrogen and oxygen atoms in total. The average Bonchev–Trinajstić information content (AvgIpc) is 2.89. The maximum atomic E-state index is 6.11. The minimum absolute atomic E-state index is 0.0429. The molecule has 1 fully saturated rings. The number of rotatable bonds is 2. The Morgan fingerprint density at radius 2 is 1.57 bits per heavy atom. The van der Waals surface area contributed by atoms with Crippen LogP contribution in [0.3, 0.4) is 0 Å². The molecule has 1 aliphatic carbocycles. The molecule has 1 aromatic carbocycles. The Kier molecular flexibility index (Phi) is 3.26. The van der Waals surface area contributed by atoms with Crippen molar-refractivity contribution in [2.45, 2.75) is 25.7 Å². The number of nitrogens with zero attached hydrogens (tertiary/aromatic N) is 2. The van der Waals surface area contributed by atoms with Crippen LogP contribution in [0.15, 0.2) is 24.3 Å². The van der Waals surface area contributed by atoms with E-state index in [1.165, 1.54) is 0 Å². The highest BCUT2D eigenvalue weighted by Gasteiger charge is 2.59. The molecule has 6 heteroatoms. The van der Waals surface area contributed by atoms with Gasteiger partial charge in [0.2, 0.25) is 5.95 Å². The van der Waals surface area contributed by atoms with E-state index in [1.807, 2.05) is 12.1 Å². The predicted molar refractivity (Wildman–Crippen MR) is 86.6 cm³/mol. The third kappa shape index (κ3) is 2.54. The van der Waals surface area contributed by atoms with Gasteiger partial charge in [-0.25, -0.2) is 4.98 Å². The summed E-state index contributed by atoms with van der Waals surface area (Å²) in [6, 6.07) is 7.42. The standard InChI is InChI=1S/C15H16Cl2N4/c1-15(2)12(7-3-8(16)5-9(17)4-7)13(15)10-6-11(18)21-14(19)20-10/h3-6,12-13H,1-2H3,(H4,18,19,20,21)/t12-,13-/m1/s1. The number of anilines is 2. The van der Waals surface area contributed by atoms with E-state index >= 15 is 0 Å². The summed E-state index contributed by atoms with van der Waals surface area (Å²) in [5, 5.41) is 1.28. The van der Waals surface area contributed by atoms with Gasteiger partial charge in [0.1, 0.15) is 5.82 Å². The van der Waals surface area contributed by atoms with E-state index in [4.69, 9.17) is 34.7 Å². The molecular weight excluding hydrogens is 307 g/mol. The van der Waals surface area contributed by atoms with Crippen molar-refractivity contribution in [2.75, 3.05) is 11.5 Å². The minimum atomic E-state index is 0.0429. The third-order valence-corrected chi connectivity index (χ3v) is 4.61. The Morgan fingerprint density at radius 1 is 0.952 bits per heavy atom. The molecule has 3 rings (SSSR count). The summed E-state index contributed by atoms with van der Waals surface area (Å²) in [4.78, 5) is 8.25. The van der Waals surface area contributed by atoms with Gasteiger partial charge in [0.25, 0.3) is 0 Å². The molecule has 21 heavy (non-hydrogen) atoms. The lowest BCUT2D eigenvalue weighted by Gasteiger charge is -2.04. The van der Waals surface area contributed by atoms with Crippen molar-refractivity contribution in [2.24, 2.45) is 5.41 Å². The average molecular weight is 323 g/mol. The molecule has 110 valence electrons. The van der Waals surface area contributed by atoms with Crippen LogP contribution in [0.5, 0.6) is 0 Å². The highest BCUT2D eigenvalue weighted by molar-refractivity contribution is 6.34.